The fourth-order valence-corrected chi connectivity index (χ4v) is 9.03. The molecule has 1 unspecified atom stereocenters. The van der Waals surface area contributed by atoms with Crippen LogP contribution in [0.1, 0.15) is 71.0 Å². The summed E-state index contributed by atoms with van der Waals surface area (Å²) in [5.41, 5.74) is 0.802. The second-order valence-corrected chi connectivity index (χ2v) is 14.0. The molecule has 1 N–H and O–H groups in total. The lowest BCUT2D eigenvalue weighted by Crippen LogP contribution is -2.57. The zero-order chi connectivity index (χ0) is 25.6. The van der Waals surface area contributed by atoms with E-state index in [1.54, 1.807) is 5.38 Å². The third kappa shape index (κ3) is 3.51. The molecular formula is C30H37FO4S. The summed E-state index contributed by atoms with van der Waals surface area (Å²) in [5, 5.41) is 13.4. The Kier molecular flexibility index (Phi) is 5.63. The monoisotopic (exact) mass is 512 g/mol. The molecule has 6 rings (SSSR count). The van der Waals surface area contributed by atoms with E-state index in [2.05, 4.69) is 52.5 Å². The van der Waals surface area contributed by atoms with Crippen LogP contribution in [-0.2, 0) is 14.3 Å². The van der Waals surface area contributed by atoms with Crippen LogP contribution in [0.4, 0.5) is 4.39 Å². The summed E-state index contributed by atoms with van der Waals surface area (Å²) in [7, 11) is 0. The highest BCUT2D eigenvalue weighted by molar-refractivity contribution is 7.10. The molecule has 4 aliphatic carbocycles. The van der Waals surface area contributed by atoms with E-state index in [1.165, 1.54) is 23.0 Å². The van der Waals surface area contributed by atoms with Crippen LogP contribution in [0.15, 0.2) is 47.4 Å². The van der Waals surface area contributed by atoms with Crippen molar-refractivity contribution in [2.75, 3.05) is 0 Å². The number of Topliss-reactive ketones (excluding diaryl/α,β-unsaturated/α-hetero) is 1. The average molecular weight is 513 g/mol. The first-order valence-corrected chi connectivity index (χ1v) is 14.2. The predicted octanol–water partition coefficient (Wildman–Crippen LogP) is 6.53. The van der Waals surface area contributed by atoms with Gasteiger partial charge in [0, 0.05) is 23.7 Å². The summed E-state index contributed by atoms with van der Waals surface area (Å²) in [5.74, 6) is 0.118. The molecule has 36 heavy (non-hydrogen) atoms. The molecule has 9 atom stereocenters. The number of carbonyl (C=O) groups is 1. The number of allylic oxidation sites excluding steroid dienone is 5. The SMILES string of the molecule is C=C1C=C[C@@]2(C)C(=C1)CC[C@@H]1[C@@H]2[C@@H](O)CC2[C@H]1C[C@H]1O[C@@H](c3sccc3F)O[C@@]21C(=O)CC(C)(C)C. The largest absolute Gasteiger partial charge is 0.393 e. The van der Waals surface area contributed by atoms with Gasteiger partial charge in [-0.25, -0.2) is 4.39 Å². The molecule has 1 aromatic heterocycles. The highest BCUT2D eigenvalue weighted by atomic mass is 32.1. The third-order valence-electron chi connectivity index (χ3n) is 9.66. The normalized spacial score (nSPS) is 43.4. The molecule has 6 heteroatoms. The number of ether oxygens (including phenoxy) is 2. The minimum Gasteiger partial charge on any atom is -0.393 e. The topological polar surface area (TPSA) is 55.8 Å². The highest BCUT2D eigenvalue weighted by Crippen LogP contribution is 2.66. The summed E-state index contributed by atoms with van der Waals surface area (Å²) < 4.78 is 27.5. The fourth-order valence-electron chi connectivity index (χ4n) is 8.30. The number of carbonyl (C=O) groups excluding carboxylic acids is 1. The van der Waals surface area contributed by atoms with Gasteiger partial charge >= 0.3 is 0 Å². The third-order valence-corrected chi connectivity index (χ3v) is 10.6. The van der Waals surface area contributed by atoms with E-state index < -0.39 is 24.1 Å². The van der Waals surface area contributed by atoms with E-state index in [-0.39, 0.29) is 46.1 Å². The van der Waals surface area contributed by atoms with Gasteiger partial charge < -0.3 is 14.6 Å². The Morgan fingerprint density at radius 1 is 1.31 bits per heavy atom. The van der Waals surface area contributed by atoms with Gasteiger partial charge in [-0.15, -0.1) is 11.3 Å². The van der Waals surface area contributed by atoms with Crippen LogP contribution in [0.2, 0.25) is 0 Å². The van der Waals surface area contributed by atoms with Gasteiger partial charge in [0.05, 0.1) is 17.1 Å². The van der Waals surface area contributed by atoms with Gasteiger partial charge in [0.2, 0.25) is 0 Å². The number of fused-ring (bicyclic) bond motifs is 7. The van der Waals surface area contributed by atoms with Gasteiger partial charge in [0.15, 0.2) is 17.7 Å². The number of thiophene rings is 1. The van der Waals surface area contributed by atoms with Crippen LogP contribution in [0.3, 0.4) is 0 Å². The molecule has 1 aromatic rings. The van der Waals surface area contributed by atoms with Gasteiger partial charge in [-0.3, -0.25) is 4.79 Å². The molecule has 3 saturated carbocycles. The zero-order valence-electron chi connectivity index (χ0n) is 21.6. The van der Waals surface area contributed by atoms with Crippen molar-refractivity contribution >= 4 is 17.1 Å². The summed E-state index contributed by atoms with van der Waals surface area (Å²) in [6, 6.07) is 1.42. The second-order valence-electron chi connectivity index (χ2n) is 13.1. The lowest BCUT2D eigenvalue weighted by Gasteiger charge is -2.56. The molecule has 1 aliphatic heterocycles. The van der Waals surface area contributed by atoms with E-state index in [0.717, 1.165) is 18.4 Å². The summed E-state index contributed by atoms with van der Waals surface area (Å²) in [6.07, 6.45) is 8.17. The van der Waals surface area contributed by atoms with E-state index in [9.17, 15) is 14.3 Å². The van der Waals surface area contributed by atoms with Crippen LogP contribution in [0.25, 0.3) is 0 Å². The molecule has 0 bridgehead atoms. The minimum atomic E-state index is -1.14. The number of halogens is 1. The van der Waals surface area contributed by atoms with Gasteiger partial charge in [0.1, 0.15) is 5.82 Å². The van der Waals surface area contributed by atoms with E-state index in [1.807, 2.05) is 0 Å². The van der Waals surface area contributed by atoms with Crippen molar-refractivity contribution in [3.05, 3.63) is 58.1 Å². The van der Waals surface area contributed by atoms with Crippen LogP contribution in [0, 0.1) is 40.3 Å². The van der Waals surface area contributed by atoms with Crippen molar-refractivity contribution in [3.8, 4) is 0 Å². The molecule has 0 spiro atoms. The second kappa shape index (κ2) is 8.20. The maximum absolute atomic E-state index is 14.5. The Morgan fingerprint density at radius 2 is 2.08 bits per heavy atom. The predicted molar refractivity (Wildman–Crippen MR) is 138 cm³/mol. The van der Waals surface area contributed by atoms with Crippen molar-refractivity contribution in [1.29, 1.82) is 0 Å². The Balaban J connectivity index is 1.38. The molecular weight excluding hydrogens is 475 g/mol. The molecule has 194 valence electrons. The zero-order valence-corrected chi connectivity index (χ0v) is 22.4. The lowest BCUT2D eigenvalue weighted by molar-refractivity contribution is -0.173. The Bertz CT molecular complexity index is 1160. The van der Waals surface area contributed by atoms with Crippen molar-refractivity contribution in [3.63, 3.8) is 0 Å². The lowest BCUT2D eigenvalue weighted by atomic mass is 9.49. The molecule has 4 fully saturated rings. The number of aliphatic hydroxyl groups is 1. The van der Waals surface area contributed by atoms with Crippen molar-refractivity contribution in [2.45, 2.75) is 83.9 Å². The molecule has 4 nitrogen and oxygen atoms in total. The first kappa shape index (κ1) is 24.7. The van der Waals surface area contributed by atoms with Crippen molar-refractivity contribution in [2.24, 2.45) is 34.5 Å². The van der Waals surface area contributed by atoms with Gasteiger partial charge in [-0.05, 0) is 60.0 Å². The van der Waals surface area contributed by atoms with Gasteiger partial charge in [0.25, 0.3) is 0 Å². The molecule has 0 radical (unpaired) electrons. The quantitative estimate of drug-likeness (QED) is 0.500. The number of aliphatic hydroxyl groups excluding tert-OH is 1. The molecule has 2 heterocycles. The van der Waals surface area contributed by atoms with E-state index in [0.29, 0.717) is 24.1 Å². The fraction of sp³-hybridized carbons (Fsp3) is 0.633. The van der Waals surface area contributed by atoms with Crippen molar-refractivity contribution < 1.29 is 23.8 Å². The number of ketones is 1. The summed E-state index contributed by atoms with van der Waals surface area (Å²) in [6.45, 7) is 12.5. The van der Waals surface area contributed by atoms with E-state index in [4.69, 9.17) is 9.47 Å². The Labute approximate surface area is 217 Å². The Morgan fingerprint density at radius 3 is 2.78 bits per heavy atom. The van der Waals surface area contributed by atoms with Crippen LogP contribution in [-0.4, -0.2) is 28.7 Å². The molecule has 0 amide bonds. The van der Waals surface area contributed by atoms with Gasteiger partial charge in [-0.1, -0.05) is 58.1 Å². The number of hydrogen-bond donors (Lipinski definition) is 1. The molecule has 0 aromatic carbocycles. The first-order valence-electron chi connectivity index (χ1n) is 13.3. The molecule has 1 saturated heterocycles. The molecule has 5 aliphatic rings. The van der Waals surface area contributed by atoms with Crippen LogP contribution >= 0.6 is 11.3 Å². The minimum absolute atomic E-state index is 0.0362. The van der Waals surface area contributed by atoms with Crippen LogP contribution in [0.5, 0.6) is 0 Å². The number of rotatable bonds is 3. The summed E-state index contributed by atoms with van der Waals surface area (Å²) >= 11 is 1.26. The average Bonchev–Trinajstić information content (AvgIpc) is 3.45. The van der Waals surface area contributed by atoms with Gasteiger partial charge in [-0.2, -0.15) is 0 Å². The smallest absolute Gasteiger partial charge is 0.197 e. The van der Waals surface area contributed by atoms with E-state index >= 15 is 0 Å². The van der Waals surface area contributed by atoms with Crippen LogP contribution < -0.4 is 0 Å². The number of hydrogen-bond acceptors (Lipinski definition) is 5. The maximum Gasteiger partial charge on any atom is 0.197 e. The standard InChI is InChI=1S/C30H37FO4S/c1-16-8-10-29(5)17(12-16)6-7-18-19-13-24-30(23(33)15-28(2,3)4,20(19)14-22(32)25(18)29)35-27(34-24)26-21(31)9-11-36-26/h8-12,18-20,22,24-25,27,32H,1,6-7,13-15H2,2-5H3/t18-,19-,20?,22-,24+,25+,27+,29-,30+/m0/s1. The Hall–Kier alpha value is -1.60. The summed E-state index contributed by atoms with van der Waals surface area (Å²) in [4.78, 5) is 14.5. The first-order chi connectivity index (χ1) is 16.9. The maximum atomic E-state index is 14.5. The highest BCUT2D eigenvalue weighted by Gasteiger charge is 2.70. The van der Waals surface area contributed by atoms with Crippen molar-refractivity contribution in [1.82, 2.24) is 0 Å².